The van der Waals surface area contributed by atoms with Crippen LogP contribution in [0.4, 0.5) is 0 Å². The molecule has 2 unspecified atom stereocenters. The van der Waals surface area contributed by atoms with Crippen LogP contribution in [0.2, 0.25) is 0 Å². The monoisotopic (exact) mass is 337 g/mol. The van der Waals surface area contributed by atoms with Gasteiger partial charge < -0.3 is 0 Å². The van der Waals surface area contributed by atoms with E-state index in [9.17, 15) is 0 Å². The van der Waals surface area contributed by atoms with Crippen LogP contribution in [0.15, 0.2) is 102 Å². The van der Waals surface area contributed by atoms with Crippen LogP contribution in [0.5, 0.6) is 0 Å². The number of hydrogen-bond acceptors (Lipinski definition) is 1. The van der Waals surface area contributed by atoms with E-state index >= 15 is 0 Å². The Morgan fingerprint density at radius 3 is 2.08 bits per heavy atom. The van der Waals surface area contributed by atoms with Crippen LogP contribution < -0.4 is 0 Å². The van der Waals surface area contributed by atoms with Crippen molar-refractivity contribution in [1.29, 1.82) is 0 Å². The molecule has 0 aromatic heterocycles. The fraction of sp³-hybridized carbons (Fsp3) is 0.160. The lowest BCUT2D eigenvalue weighted by atomic mass is 9.89. The molecule has 1 heteroatoms. The van der Waals surface area contributed by atoms with E-state index < -0.39 is 0 Å². The summed E-state index contributed by atoms with van der Waals surface area (Å²) in [6, 6.07) is 32.1. The molecule has 0 saturated heterocycles. The first-order valence-electron chi connectivity index (χ1n) is 9.29. The van der Waals surface area contributed by atoms with Crippen LogP contribution in [-0.2, 0) is 6.42 Å². The molecule has 26 heavy (non-hydrogen) atoms. The van der Waals surface area contributed by atoms with Gasteiger partial charge >= 0.3 is 0 Å². The molecule has 0 bridgehead atoms. The highest BCUT2D eigenvalue weighted by Gasteiger charge is 2.27. The average Bonchev–Trinajstić information content (AvgIpc) is 3.11. The molecule has 1 aliphatic heterocycles. The summed E-state index contributed by atoms with van der Waals surface area (Å²) in [5, 5.41) is 0. The molecular weight excluding hydrogens is 314 g/mol. The standard InChI is InChI=1S/C25H23N/c1-4-10-20(11-5-1)16-17-24-19-23(18-21-12-6-2-7-13-21)25(26-24)22-14-8-3-9-15-22/h1-17,23-24H,18-19H2/b17-16+. The molecule has 1 aliphatic rings. The predicted molar refractivity (Wildman–Crippen MR) is 110 cm³/mol. The van der Waals surface area contributed by atoms with Crippen LogP contribution in [0.25, 0.3) is 6.08 Å². The summed E-state index contributed by atoms with van der Waals surface area (Å²) in [6.45, 7) is 0. The van der Waals surface area contributed by atoms with Gasteiger partial charge in [0.2, 0.25) is 0 Å². The normalized spacial score (nSPS) is 19.6. The molecule has 1 nitrogen and oxygen atoms in total. The molecule has 0 saturated carbocycles. The molecule has 0 N–H and O–H groups in total. The summed E-state index contributed by atoms with van der Waals surface area (Å²) >= 11 is 0. The van der Waals surface area contributed by atoms with Crippen molar-refractivity contribution in [3.63, 3.8) is 0 Å². The van der Waals surface area contributed by atoms with Gasteiger partial charge in [-0.3, -0.25) is 4.99 Å². The molecule has 0 spiro atoms. The average molecular weight is 337 g/mol. The highest BCUT2D eigenvalue weighted by Crippen LogP contribution is 2.29. The van der Waals surface area contributed by atoms with Gasteiger partial charge in [0.05, 0.1) is 6.04 Å². The van der Waals surface area contributed by atoms with E-state index in [1.807, 2.05) is 0 Å². The Kier molecular flexibility index (Phi) is 5.07. The second-order valence-electron chi connectivity index (χ2n) is 6.84. The third-order valence-electron chi connectivity index (χ3n) is 4.92. The molecular formula is C25H23N. The van der Waals surface area contributed by atoms with E-state index in [1.54, 1.807) is 0 Å². The molecule has 0 amide bonds. The Morgan fingerprint density at radius 2 is 1.38 bits per heavy atom. The Bertz CT molecular complexity index is 879. The molecule has 128 valence electrons. The fourth-order valence-electron chi connectivity index (χ4n) is 3.65. The van der Waals surface area contributed by atoms with E-state index in [4.69, 9.17) is 4.99 Å². The lowest BCUT2D eigenvalue weighted by molar-refractivity contribution is 0.629. The summed E-state index contributed by atoms with van der Waals surface area (Å²) < 4.78 is 0. The Balaban J connectivity index is 1.58. The van der Waals surface area contributed by atoms with Gasteiger partial charge in [0, 0.05) is 11.6 Å². The topological polar surface area (TPSA) is 12.4 Å². The summed E-state index contributed by atoms with van der Waals surface area (Å²) in [6.07, 6.45) is 6.57. The van der Waals surface area contributed by atoms with Crippen molar-refractivity contribution >= 4 is 11.8 Å². The van der Waals surface area contributed by atoms with E-state index in [0.29, 0.717) is 5.92 Å². The Labute approximate surface area is 155 Å². The van der Waals surface area contributed by atoms with Gasteiger partial charge in [-0.1, -0.05) is 103 Å². The Morgan fingerprint density at radius 1 is 0.769 bits per heavy atom. The van der Waals surface area contributed by atoms with Crippen LogP contribution in [-0.4, -0.2) is 11.8 Å². The molecule has 1 heterocycles. The van der Waals surface area contributed by atoms with Crippen molar-refractivity contribution in [1.82, 2.24) is 0 Å². The van der Waals surface area contributed by atoms with Crippen molar-refractivity contribution in [3.8, 4) is 0 Å². The maximum absolute atomic E-state index is 5.08. The first-order valence-corrected chi connectivity index (χ1v) is 9.29. The molecule has 4 rings (SSSR count). The van der Waals surface area contributed by atoms with E-state index in [-0.39, 0.29) is 6.04 Å². The van der Waals surface area contributed by atoms with Crippen LogP contribution >= 0.6 is 0 Å². The zero-order chi connectivity index (χ0) is 17.6. The lowest BCUT2D eigenvalue weighted by Gasteiger charge is -2.13. The third kappa shape index (κ3) is 4.00. The zero-order valence-corrected chi connectivity index (χ0v) is 14.8. The Hall–Kier alpha value is -2.93. The van der Waals surface area contributed by atoms with Crippen molar-refractivity contribution in [2.75, 3.05) is 0 Å². The number of rotatable bonds is 5. The quantitative estimate of drug-likeness (QED) is 0.556. The van der Waals surface area contributed by atoms with E-state index in [1.165, 1.54) is 22.4 Å². The number of hydrogen-bond donors (Lipinski definition) is 0. The van der Waals surface area contributed by atoms with Crippen LogP contribution in [0.1, 0.15) is 23.1 Å². The number of nitrogens with zero attached hydrogens (tertiary/aromatic N) is 1. The van der Waals surface area contributed by atoms with Gasteiger partial charge in [0.25, 0.3) is 0 Å². The maximum atomic E-state index is 5.08. The van der Waals surface area contributed by atoms with Gasteiger partial charge in [-0.15, -0.1) is 0 Å². The van der Waals surface area contributed by atoms with Crippen molar-refractivity contribution in [3.05, 3.63) is 114 Å². The first-order chi connectivity index (χ1) is 12.9. The summed E-state index contributed by atoms with van der Waals surface area (Å²) in [5.41, 5.74) is 5.12. The van der Waals surface area contributed by atoms with Gasteiger partial charge in [0.1, 0.15) is 0 Å². The van der Waals surface area contributed by atoms with Crippen molar-refractivity contribution in [2.24, 2.45) is 10.9 Å². The van der Waals surface area contributed by atoms with Gasteiger partial charge in [-0.25, -0.2) is 0 Å². The van der Waals surface area contributed by atoms with Crippen molar-refractivity contribution < 1.29 is 0 Å². The summed E-state index contributed by atoms with van der Waals surface area (Å²) in [7, 11) is 0. The minimum absolute atomic E-state index is 0.249. The number of benzene rings is 3. The minimum Gasteiger partial charge on any atom is -0.281 e. The lowest BCUT2D eigenvalue weighted by Crippen LogP contribution is -2.14. The van der Waals surface area contributed by atoms with E-state index in [2.05, 4.69) is 103 Å². The fourth-order valence-corrected chi connectivity index (χ4v) is 3.65. The number of aliphatic imine (C=N–C) groups is 1. The van der Waals surface area contributed by atoms with Crippen LogP contribution in [0, 0.1) is 5.92 Å². The maximum Gasteiger partial charge on any atom is 0.0693 e. The summed E-state index contributed by atoms with van der Waals surface area (Å²) in [5.74, 6) is 0.463. The highest BCUT2D eigenvalue weighted by molar-refractivity contribution is 6.03. The molecule has 0 fully saturated rings. The summed E-state index contributed by atoms with van der Waals surface area (Å²) in [4.78, 5) is 5.08. The van der Waals surface area contributed by atoms with Gasteiger partial charge in [0.15, 0.2) is 0 Å². The van der Waals surface area contributed by atoms with Crippen LogP contribution in [0.3, 0.4) is 0 Å². The minimum atomic E-state index is 0.249. The zero-order valence-electron chi connectivity index (χ0n) is 14.8. The van der Waals surface area contributed by atoms with Crippen molar-refractivity contribution in [2.45, 2.75) is 18.9 Å². The molecule has 2 atom stereocenters. The first kappa shape index (κ1) is 16.5. The second kappa shape index (κ2) is 7.97. The SMILES string of the molecule is C(=C\C1CC(Cc2ccccc2)C(c2ccccc2)=N1)/c1ccccc1. The molecule has 3 aromatic rings. The smallest absolute Gasteiger partial charge is 0.0693 e. The predicted octanol–water partition coefficient (Wildman–Crippen LogP) is 5.82. The molecule has 0 radical (unpaired) electrons. The third-order valence-corrected chi connectivity index (χ3v) is 4.92. The molecule has 3 aromatic carbocycles. The highest BCUT2D eigenvalue weighted by atomic mass is 14.8. The molecule has 0 aliphatic carbocycles. The van der Waals surface area contributed by atoms with Gasteiger partial charge in [-0.05, 0) is 29.5 Å². The second-order valence-corrected chi connectivity index (χ2v) is 6.84. The van der Waals surface area contributed by atoms with Gasteiger partial charge in [-0.2, -0.15) is 0 Å². The largest absolute Gasteiger partial charge is 0.281 e. The van der Waals surface area contributed by atoms with E-state index in [0.717, 1.165) is 12.8 Å².